The molecule has 0 amide bonds. The predicted molar refractivity (Wildman–Crippen MR) is 88.6 cm³/mol. The minimum absolute atomic E-state index is 0.0729. The summed E-state index contributed by atoms with van der Waals surface area (Å²) in [6.45, 7) is 0.590. The maximum Gasteiger partial charge on any atom is 0.243 e. The number of aromatic nitrogens is 1. The molecular formula is C18H20N2O2S. The predicted octanol–water partition coefficient (Wildman–Crippen LogP) is 3.10. The molecule has 0 saturated carbocycles. The van der Waals surface area contributed by atoms with Crippen LogP contribution < -0.4 is 0 Å². The third kappa shape index (κ3) is 2.58. The first-order valence-corrected chi connectivity index (χ1v) is 9.64. The summed E-state index contributed by atoms with van der Waals surface area (Å²) in [5, 5.41) is 0. The standard InChI is InChI=1S/C18H20N2O2S/c21-23(22,17-7-6-14-3-1-4-16(14)13-17)20-12-2-5-18(20)15-8-10-19-11-9-15/h6-11,13,18H,1-5,12H2. The van der Waals surface area contributed by atoms with Gasteiger partial charge in [-0.1, -0.05) is 6.07 Å². The Bertz CT molecular complexity index is 818. The largest absolute Gasteiger partial charge is 0.265 e. The van der Waals surface area contributed by atoms with E-state index in [1.807, 2.05) is 24.3 Å². The lowest BCUT2D eigenvalue weighted by atomic mass is 10.1. The van der Waals surface area contributed by atoms with E-state index in [1.165, 1.54) is 11.1 Å². The van der Waals surface area contributed by atoms with Gasteiger partial charge in [-0.2, -0.15) is 4.31 Å². The van der Waals surface area contributed by atoms with Gasteiger partial charge in [0, 0.05) is 18.9 Å². The molecule has 2 heterocycles. The molecule has 1 atom stereocenters. The number of nitrogens with zero attached hydrogens (tertiary/aromatic N) is 2. The zero-order chi connectivity index (χ0) is 15.9. The van der Waals surface area contributed by atoms with Gasteiger partial charge in [0.05, 0.1) is 10.9 Å². The van der Waals surface area contributed by atoms with Gasteiger partial charge >= 0.3 is 0 Å². The van der Waals surface area contributed by atoms with Crippen LogP contribution in [0.2, 0.25) is 0 Å². The molecule has 1 aromatic carbocycles. The molecule has 1 saturated heterocycles. The average Bonchev–Trinajstić information content (AvgIpc) is 3.24. The van der Waals surface area contributed by atoms with E-state index in [4.69, 9.17) is 0 Å². The van der Waals surface area contributed by atoms with Crippen molar-refractivity contribution in [3.05, 3.63) is 59.4 Å². The van der Waals surface area contributed by atoms with Crippen LogP contribution in [0.3, 0.4) is 0 Å². The van der Waals surface area contributed by atoms with Gasteiger partial charge in [-0.15, -0.1) is 0 Å². The second-order valence-corrected chi connectivity index (χ2v) is 8.23. The van der Waals surface area contributed by atoms with Gasteiger partial charge in [-0.3, -0.25) is 4.98 Å². The Morgan fingerprint density at radius 1 is 1.00 bits per heavy atom. The number of sulfonamides is 1. The lowest BCUT2D eigenvalue weighted by Gasteiger charge is -2.24. The highest BCUT2D eigenvalue weighted by Gasteiger charge is 2.36. The van der Waals surface area contributed by atoms with Crippen molar-refractivity contribution in [2.75, 3.05) is 6.54 Å². The van der Waals surface area contributed by atoms with Crippen LogP contribution in [0.5, 0.6) is 0 Å². The van der Waals surface area contributed by atoms with Crippen LogP contribution >= 0.6 is 0 Å². The van der Waals surface area contributed by atoms with E-state index in [-0.39, 0.29) is 6.04 Å². The van der Waals surface area contributed by atoms with Crippen molar-refractivity contribution in [2.45, 2.75) is 43.0 Å². The number of hydrogen-bond donors (Lipinski definition) is 0. The molecule has 0 spiro atoms. The van der Waals surface area contributed by atoms with Crippen LogP contribution in [-0.4, -0.2) is 24.3 Å². The first-order valence-electron chi connectivity index (χ1n) is 8.20. The van der Waals surface area contributed by atoms with Crippen LogP contribution in [0.1, 0.15) is 42.0 Å². The molecule has 4 nitrogen and oxygen atoms in total. The van der Waals surface area contributed by atoms with Gasteiger partial charge in [-0.25, -0.2) is 8.42 Å². The fourth-order valence-electron chi connectivity index (χ4n) is 3.79. The topological polar surface area (TPSA) is 50.3 Å². The highest BCUT2D eigenvalue weighted by Crippen LogP contribution is 2.37. The molecule has 0 N–H and O–H groups in total. The molecule has 120 valence electrons. The Balaban J connectivity index is 1.70. The molecule has 0 bridgehead atoms. The second-order valence-electron chi connectivity index (χ2n) is 6.34. The normalized spacial score (nSPS) is 21.5. The summed E-state index contributed by atoms with van der Waals surface area (Å²) in [7, 11) is -3.44. The van der Waals surface area contributed by atoms with E-state index in [9.17, 15) is 8.42 Å². The van der Waals surface area contributed by atoms with Crippen molar-refractivity contribution in [3.63, 3.8) is 0 Å². The lowest BCUT2D eigenvalue weighted by molar-refractivity contribution is 0.396. The Labute approximate surface area is 137 Å². The van der Waals surface area contributed by atoms with Crippen molar-refractivity contribution in [2.24, 2.45) is 0 Å². The number of fused-ring (bicyclic) bond motifs is 1. The summed E-state index contributed by atoms with van der Waals surface area (Å²) >= 11 is 0. The van der Waals surface area contributed by atoms with E-state index in [0.717, 1.165) is 37.7 Å². The highest BCUT2D eigenvalue weighted by atomic mass is 32.2. The Morgan fingerprint density at radius 2 is 1.78 bits per heavy atom. The number of rotatable bonds is 3. The summed E-state index contributed by atoms with van der Waals surface area (Å²) in [4.78, 5) is 4.48. The summed E-state index contributed by atoms with van der Waals surface area (Å²) in [5.41, 5.74) is 3.53. The van der Waals surface area contributed by atoms with Gasteiger partial charge in [0.1, 0.15) is 0 Å². The highest BCUT2D eigenvalue weighted by molar-refractivity contribution is 7.89. The Kier molecular flexibility index (Phi) is 3.70. The minimum Gasteiger partial charge on any atom is -0.265 e. The van der Waals surface area contributed by atoms with E-state index < -0.39 is 10.0 Å². The summed E-state index contributed by atoms with van der Waals surface area (Å²) in [6.07, 6.45) is 8.42. The van der Waals surface area contributed by atoms with E-state index >= 15 is 0 Å². The number of pyridine rings is 1. The van der Waals surface area contributed by atoms with Crippen LogP contribution in [0.25, 0.3) is 0 Å². The maximum atomic E-state index is 13.1. The van der Waals surface area contributed by atoms with E-state index in [0.29, 0.717) is 11.4 Å². The van der Waals surface area contributed by atoms with Crippen LogP contribution in [0, 0.1) is 0 Å². The molecule has 1 fully saturated rings. The molecule has 1 aliphatic carbocycles. The zero-order valence-corrected chi connectivity index (χ0v) is 13.8. The van der Waals surface area contributed by atoms with E-state index in [2.05, 4.69) is 4.98 Å². The van der Waals surface area contributed by atoms with Crippen molar-refractivity contribution in [1.82, 2.24) is 9.29 Å². The second kappa shape index (κ2) is 5.73. The zero-order valence-electron chi connectivity index (χ0n) is 13.0. The quantitative estimate of drug-likeness (QED) is 0.870. The minimum atomic E-state index is -3.44. The third-order valence-electron chi connectivity index (χ3n) is 4.97. The third-order valence-corrected chi connectivity index (χ3v) is 6.88. The average molecular weight is 328 g/mol. The molecule has 1 aliphatic heterocycles. The van der Waals surface area contributed by atoms with Gasteiger partial charge in [-0.05, 0) is 73.1 Å². The summed E-state index contributed by atoms with van der Waals surface area (Å²) < 4.78 is 27.9. The van der Waals surface area contributed by atoms with Crippen LogP contribution in [0.15, 0.2) is 47.6 Å². The number of aryl methyl sites for hydroxylation is 2. The first-order chi connectivity index (χ1) is 11.2. The van der Waals surface area contributed by atoms with Crippen molar-refractivity contribution in [1.29, 1.82) is 0 Å². The fraction of sp³-hybridized carbons (Fsp3) is 0.389. The molecule has 2 aliphatic rings. The van der Waals surface area contributed by atoms with Gasteiger partial charge in [0.25, 0.3) is 0 Å². The lowest BCUT2D eigenvalue weighted by Crippen LogP contribution is -2.30. The van der Waals surface area contributed by atoms with Gasteiger partial charge in [0.2, 0.25) is 10.0 Å². The molecule has 2 aromatic rings. The number of benzene rings is 1. The van der Waals surface area contributed by atoms with E-state index in [1.54, 1.807) is 22.8 Å². The molecule has 23 heavy (non-hydrogen) atoms. The molecule has 5 heteroatoms. The fourth-order valence-corrected chi connectivity index (χ4v) is 5.52. The molecule has 1 unspecified atom stereocenters. The van der Waals surface area contributed by atoms with Gasteiger partial charge < -0.3 is 0 Å². The Hall–Kier alpha value is -1.72. The molecule has 1 aromatic heterocycles. The smallest absolute Gasteiger partial charge is 0.243 e. The monoisotopic (exact) mass is 328 g/mol. The molecular weight excluding hydrogens is 308 g/mol. The SMILES string of the molecule is O=S(=O)(c1ccc2c(c1)CCC2)N1CCCC1c1ccncc1. The summed E-state index contributed by atoms with van der Waals surface area (Å²) in [6, 6.07) is 9.42. The Morgan fingerprint density at radius 3 is 2.61 bits per heavy atom. The van der Waals surface area contributed by atoms with Crippen LogP contribution in [-0.2, 0) is 22.9 Å². The molecule has 4 rings (SSSR count). The first kappa shape index (κ1) is 14.8. The summed E-state index contributed by atoms with van der Waals surface area (Å²) in [5.74, 6) is 0. The van der Waals surface area contributed by atoms with Crippen molar-refractivity contribution in [3.8, 4) is 0 Å². The van der Waals surface area contributed by atoms with Gasteiger partial charge in [0.15, 0.2) is 0 Å². The molecule has 0 radical (unpaired) electrons. The van der Waals surface area contributed by atoms with Crippen LogP contribution in [0.4, 0.5) is 0 Å². The maximum absolute atomic E-state index is 13.1. The van der Waals surface area contributed by atoms with Crippen molar-refractivity contribution >= 4 is 10.0 Å². The van der Waals surface area contributed by atoms with Crippen molar-refractivity contribution < 1.29 is 8.42 Å². The number of hydrogen-bond acceptors (Lipinski definition) is 3.